The third-order valence-electron chi connectivity index (χ3n) is 5.94. The Morgan fingerprint density at radius 1 is 1.06 bits per heavy atom. The third kappa shape index (κ3) is 3.56. The van der Waals surface area contributed by atoms with Gasteiger partial charge in [-0.2, -0.15) is 13.2 Å². The van der Waals surface area contributed by atoms with E-state index in [0.717, 1.165) is 9.54 Å². The molecule has 1 saturated carbocycles. The van der Waals surface area contributed by atoms with Gasteiger partial charge in [0, 0.05) is 17.1 Å². The van der Waals surface area contributed by atoms with Crippen molar-refractivity contribution in [3.05, 3.63) is 64.3 Å². The Labute approximate surface area is 178 Å². The Balaban J connectivity index is 1.94. The van der Waals surface area contributed by atoms with Crippen LogP contribution in [0.25, 0.3) is 10.9 Å². The van der Waals surface area contributed by atoms with E-state index in [1.807, 2.05) is 6.92 Å². The van der Waals surface area contributed by atoms with Crippen molar-refractivity contribution in [3.8, 4) is 0 Å². The lowest BCUT2D eigenvalue weighted by molar-refractivity contribution is -0.148. The Kier molecular flexibility index (Phi) is 4.85. The molecule has 31 heavy (non-hydrogen) atoms. The first kappa shape index (κ1) is 21.6. The van der Waals surface area contributed by atoms with Gasteiger partial charge >= 0.3 is 6.18 Å². The molecule has 1 heterocycles. The van der Waals surface area contributed by atoms with E-state index < -0.39 is 28.0 Å². The summed E-state index contributed by atoms with van der Waals surface area (Å²) < 4.78 is 67.5. The molecule has 0 N–H and O–H groups in total. The lowest BCUT2D eigenvalue weighted by Gasteiger charge is -2.14. The maximum Gasteiger partial charge on any atom is 0.392 e. The fraction of sp³-hybridized carbons (Fsp3) is 0.348. The van der Waals surface area contributed by atoms with Crippen LogP contribution in [0.15, 0.2) is 41.4 Å². The number of fused-ring (bicyclic) bond motifs is 1. The molecule has 4 rings (SSSR count). The molecule has 0 amide bonds. The average molecular weight is 449 g/mol. The number of carbonyl (C=O) groups is 1. The number of hydrogen-bond acceptors (Lipinski definition) is 3. The van der Waals surface area contributed by atoms with Crippen molar-refractivity contribution in [2.45, 2.75) is 51.1 Å². The lowest BCUT2D eigenvalue weighted by Crippen LogP contribution is -2.15. The zero-order valence-electron chi connectivity index (χ0n) is 17.5. The highest BCUT2D eigenvalue weighted by Gasteiger charge is 2.56. The van der Waals surface area contributed by atoms with Gasteiger partial charge in [0.05, 0.1) is 16.3 Å². The fourth-order valence-corrected chi connectivity index (χ4v) is 6.30. The summed E-state index contributed by atoms with van der Waals surface area (Å²) >= 11 is 0. The topological polar surface area (TPSA) is 56.1 Å². The van der Waals surface area contributed by atoms with Crippen molar-refractivity contribution in [1.82, 2.24) is 3.97 Å². The summed E-state index contributed by atoms with van der Waals surface area (Å²) in [6.07, 6.45) is -3.02. The van der Waals surface area contributed by atoms with Gasteiger partial charge in [-0.25, -0.2) is 12.4 Å². The van der Waals surface area contributed by atoms with E-state index in [4.69, 9.17) is 0 Å². The highest BCUT2D eigenvalue weighted by Crippen LogP contribution is 2.56. The number of benzene rings is 2. The molecule has 0 spiro atoms. The van der Waals surface area contributed by atoms with Crippen molar-refractivity contribution in [2.75, 3.05) is 0 Å². The Morgan fingerprint density at radius 2 is 1.68 bits per heavy atom. The third-order valence-corrected chi connectivity index (χ3v) is 7.92. The van der Waals surface area contributed by atoms with Crippen LogP contribution < -0.4 is 0 Å². The Hall–Kier alpha value is -2.61. The lowest BCUT2D eigenvalue weighted by atomic mass is 10.0. The predicted octanol–water partition coefficient (Wildman–Crippen LogP) is 5.67. The average Bonchev–Trinajstić information content (AvgIpc) is 3.34. The molecule has 164 valence electrons. The number of carbonyl (C=O) groups excluding carboxylic acids is 1. The number of ketones is 1. The number of aromatic nitrogens is 1. The second-order valence-electron chi connectivity index (χ2n) is 8.39. The normalized spacial score (nSPS) is 19.1. The van der Waals surface area contributed by atoms with Crippen molar-refractivity contribution in [3.63, 3.8) is 0 Å². The van der Waals surface area contributed by atoms with Crippen LogP contribution in [0.4, 0.5) is 13.2 Å². The quantitative estimate of drug-likeness (QED) is 0.482. The molecular formula is C23H22F3NO3S. The number of rotatable bonds is 4. The van der Waals surface area contributed by atoms with Crippen LogP contribution in [0.1, 0.15) is 51.9 Å². The maximum atomic E-state index is 13.6. The monoisotopic (exact) mass is 449 g/mol. The van der Waals surface area contributed by atoms with E-state index in [9.17, 15) is 26.4 Å². The van der Waals surface area contributed by atoms with E-state index in [-0.39, 0.29) is 28.2 Å². The summed E-state index contributed by atoms with van der Waals surface area (Å²) in [5, 5.41) is 0.409. The van der Waals surface area contributed by atoms with Gasteiger partial charge in [0.1, 0.15) is 0 Å². The summed E-state index contributed by atoms with van der Waals surface area (Å²) in [4.78, 5) is 12.3. The van der Waals surface area contributed by atoms with Gasteiger partial charge in [-0.3, -0.25) is 4.79 Å². The SMILES string of the molecule is CC(=O)c1cn(S(=O)(=O)c2c(C)cc(C)cc2C)c2cc(C3C[C@H]3C(F)(F)F)ccc12. The highest BCUT2D eigenvalue weighted by molar-refractivity contribution is 7.90. The molecular weight excluding hydrogens is 427 g/mol. The first-order chi connectivity index (χ1) is 14.3. The molecule has 0 saturated heterocycles. The molecule has 1 aliphatic carbocycles. The Morgan fingerprint density at radius 3 is 2.19 bits per heavy atom. The Bertz CT molecular complexity index is 1310. The van der Waals surface area contributed by atoms with E-state index in [2.05, 4.69) is 0 Å². The minimum Gasteiger partial charge on any atom is -0.294 e. The molecule has 0 radical (unpaired) electrons. The summed E-state index contributed by atoms with van der Waals surface area (Å²) in [7, 11) is -4.08. The van der Waals surface area contributed by atoms with Crippen LogP contribution in [0.3, 0.4) is 0 Å². The first-order valence-electron chi connectivity index (χ1n) is 9.88. The molecule has 8 heteroatoms. The van der Waals surface area contributed by atoms with Crippen LogP contribution in [0.5, 0.6) is 0 Å². The molecule has 3 aromatic rings. The van der Waals surface area contributed by atoms with Gasteiger partial charge in [-0.05, 0) is 62.8 Å². The molecule has 4 nitrogen and oxygen atoms in total. The maximum absolute atomic E-state index is 13.6. The standard InChI is InChI=1S/C23H22F3NO3S/c1-12-7-13(2)22(14(3)8-12)31(29,30)27-11-19(15(4)28)17-6-5-16(9-21(17)27)18-10-20(18)23(24,25)26/h5-9,11,18,20H,10H2,1-4H3/t18?,20-/m1/s1. The summed E-state index contributed by atoms with van der Waals surface area (Å²) in [6, 6.07) is 8.12. The van der Waals surface area contributed by atoms with E-state index in [1.54, 1.807) is 38.1 Å². The summed E-state index contributed by atoms with van der Waals surface area (Å²) in [5.41, 5.74) is 2.92. The molecule has 1 fully saturated rings. The second-order valence-corrected chi connectivity index (χ2v) is 10.1. The number of aryl methyl sites for hydroxylation is 3. The summed E-state index contributed by atoms with van der Waals surface area (Å²) in [5.74, 6) is -2.43. The van der Waals surface area contributed by atoms with Crippen LogP contribution in [-0.2, 0) is 10.0 Å². The van der Waals surface area contributed by atoms with Gasteiger partial charge in [-0.1, -0.05) is 29.8 Å². The molecule has 1 aromatic heterocycles. The van der Waals surface area contributed by atoms with E-state index in [0.29, 0.717) is 22.1 Å². The first-order valence-corrected chi connectivity index (χ1v) is 11.3. The largest absolute Gasteiger partial charge is 0.392 e. The molecule has 0 aliphatic heterocycles. The van der Waals surface area contributed by atoms with Gasteiger partial charge in [0.25, 0.3) is 10.0 Å². The minimum atomic E-state index is -4.28. The molecule has 0 bridgehead atoms. The van der Waals surface area contributed by atoms with Gasteiger partial charge in [0.15, 0.2) is 5.78 Å². The van der Waals surface area contributed by atoms with Crippen molar-refractivity contribution >= 4 is 26.7 Å². The number of alkyl halides is 3. The van der Waals surface area contributed by atoms with Crippen molar-refractivity contribution in [1.29, 1.82) is 0 Å². The smallest absolute Gasteiger partial charge is 0.294 e. The van der Waals surface area contributed by atoms with E-state index >= 15 is 0 Å². The van der Waals surface area contributed by atoms with Gasteiger partial charge in [-0.15, -0.1) is 0 Å². The second kappa shape index (κ2) is 6.95. The van der Waals surface area contributed by atoms with Crippen molar-refractivity contribution in [2.24, 2.45) is 5.92 Å². The van der Waals surface area contributed by atoms with E-state index in [1.165, 1.54) is 19.2 Å². The van der Waals surface area contributed by atoms with Crippen LogP contribution in [-0.4, -0.2) is 24.3 Å². The van der Waals surface area contributed by atoms with Gasteiger partial charge < -0.3 is 0 Å². The fourth-order valence-electron chi connectivity index (χ4n) is 4.52. The number of hydrogen-bond donors (Lipinski definition) is 0. The molecule has 1 unspecified atom stereocenters. The molecule has 2 atom stereocenters. The van der Waals surface area contributed by atoms with Crippen LogP contribution in [0, 0.1) is 26.7 Å². The van der Waals surface area contributed by atoms with Crippen LogP contribution in [0.2, 0.25) is 0 Å². The molecule has 1 aliphatic rings. The summed E-state index contributed by atoms with van der Waals surface area (Å²) in [6.45, 7) is 6.61. The molecule has 2 aromatic carbocycles. The minimum absolute atomic E-state index is 0.0157. The predicted molar refractivity (Wildman–Crippen MR) is 112 cm³/mol. The van der Waals surface area contributed by atoms with Crippen LogP contribution >= 0.6 is 0 Å². The zero-order chi connectivity index (χ0) is 22.9. The van der Waals surface area contributed by atoms with Gasteiger partial charge in [0.2, 0.25) is 0 Å². The number of halogens is 3. The number of Topliss-reactive ketones (excluding diaryl/α,β-unsaturated/α-hetero) is 1. The van der Waals surface area contributed by atoms with Crippen molar-refractivity contribution < 1.29 is 26.4 Å². The highest BCUT2D eigenvalue weighted by atomic mass is 32.2. The number of nitrogens with zero attached hydrogens (tertiary/aromatic N) is 1. The zero-order valence-corrected chi connectivity index (χ0v) is 18.4.